The van der Waals surface area contributed by atoms with Crippen LogP contribution in [-0.4, -0.2) is 11.7 Å². The van der Waals surface area contributed by atoms with Crippen LogP contribution in [0.1, 0.15) is 11.7 Å². The minimum absolute atomic E-state index is 0.269. The number of aliphatic hydroxyl groups is 1. The molecule has 0 fully saturated rings. The zero-order valence-electron chi connectivity index (χ0n) is 6.20. The quantitative estimate of drug-likeness (QED) is 0.620. The maximum atomic E-state index is 9.37. The van der Waals surface area contributed by atoms with Gasteiger partial charge in [-0.2, -0.15) is 0 Å². The predicted octanol–water partition coefficient (Wildman–Crippen LogP) is 0.179. The van der Waals surface area contributed by atoms with Crippen molar-refractivity contribution in [3.8, 4) is 0 Å². The molecule has 60 valence electrons. The summed E-state index contributed by atoms with van der Waals surface area (Å²) < 4.78 is 0. The number of benzene rings is 1. The van der Waals surface area contributed by atoms with Crippen molar-refractivity contribution >= 4 is 14.5 Å². The summed E-state index contributed by atoms with van der Waals surface area (Å²) in [5.74, 6) is 0. The Morgan fingerprint density at radius 3 is 2.64 bits per heavy atom. The molecule has 0 spiro atoms. The van der Waals surface area contributed by atoms with Crippen LogP contribution in [0.25, 0.3) is 0 Å². The van der Waals surface area contributed by atoms with Gasteiger partial charge in [0.1, 0.15) is 0 Å². The summed E-state index contributed by atoms with van der Waals surface area (Å²) in [7, 11) is 2.57. The fraction of sp³-hybridized carbons (Fsp3) is 0.250. The smallest absolute Gasteiger partial charge is 0.0918 e. The SMILES string of the molecule is NCC(O)c1ccccc1P. The molecular weight excluding hydrogens is 157 g/mol. The standard InChI is InChI=1S/C8H12NOP/c9-5-7(10)6-3-1-2-4-8(6)11/h1-4,7,10H,5,9,11H2. The Morgan fingerprint density at radius 1 is 1.45 bits per heavy atom. The Hall–Kier alpha value is -0.430. The van der Waals surface area contributed by atoms with Gasteiger partial charge >= 0.3 is 0 Å². The van der Waals surface area contributed by atoms with Gasteiger partial charge in [0.05, 0.1) is 6.10 Å². The Labute approximate surface area is 68.6 Å². The van der Waals surface area contributed by atoms with Gasteiger partial charge in [-0.3, -0.25) is 0 Å². The molecule has 2 unspecified atom stereocenters. The fourth-order valence-electron chi connectivity index (χ4n) is 0.941. The Morgan fingerprint density at radius 2 is 2.09 bits per heavy atom. The first-order chi connectivity index (χ1) is 5.25. The molecule has 11 heavy (non-hydrogen) atoms. The number of rotatable bonds is 2. The van der Waals surface area contributed by atoms with Crippen LogP contribution in [-0.2, 0) is 0 Å². The highest BCUT2D eigenvalue weighted by Gasteiger charge is 2.05. The summed E-state index contributed by atoms with van der Waals surface area (Å²) in [5, 5.41) is 10.4. The zero-order valence-corrected chi connectivity index (χ0v) is 7.35. The second-order valence-corrected chi connectivity index (χ2v) is 3.00. The van der Waals surface area contributed by atoms with E-state index in [0.717, 1.165) is 10.9 Å². The molecule has 0 aliphatic heterocycles. The van der Waals surface area contributed by atoms with Crippen molar-refractivity contribution in [3.63, 3.8) is 0 Å². The van der Waals surface area contributed by atoms with E-state index < -0.39 is 6.10 Å². The van der Waals surface area contributed by atoms with Gasteiger partial charge in [0, 0.05) is 6.54 Å². The molecule has 1 aromatic rings. The first kappa shape index (κ1) is 8.66. The molecule has 0 heterocycles. The monoisotopic (exact) mass is 169 g/mol. The fourth-order valence-corrected chi connectivity index (χ4v) is 1.34. The maximum Gasteiger partial charge on any atom is 0.0918 e. The zero-order chi connectivity index (χ0) is 8.27. The first-order valence-electron chi connectivity index (χ1n) is 3.48. The Bertz CT molecular complexity index is 239. The largest absolute Gasteiger partial charge is 0.387 e. The number of nitrogens with two attached hydrogens (primary N) is 1. The molecular formula is C8H12NOP. The molecule has 0 aliphatic carbocycles. The number of aliphatic hydroxyl groups excluding tert-OH is 1. The topological polar surface area (TPSA) is 46.2 Å². The van der Waals surface area contributed by atoms with E-state index in [9.17, 15) is 5.11 Å². The molecule has 2 atom stereocenters. The first-order valence-corrected chi connectivity index (χ1v) is 4.06. The van der Waals surface area contributed by atoms with E-state index in [-0.39, 0.29) is 6.54 Å². The van der Waals surface area contributed by atoms with Crippen LogP contribution in [0.3, 0.4) is 0 Å². The third-order valence-corrected chi connectivity index (χ3v) is 2.10. The van der Waals surface area contributed by atoms with E-state index in [4.69, 9.17) is 5.73 Å². The second-order valence-electron chi connectivity index (χ2n) is 2.38. The molecule has 0 bridgehead atoms. The highest BCUT2D eigenvalue weighted by molar-refractivity contribution is 7.27. The molecule has 1 rings (SSSR count). The van der Waals surface area contributed by atoms with Crippen LogP contribution in [0.5, 0.6) is 0 Å². The van der Waals surface area contributed by atoms with E-state index in [0.29, 0.717) is 0 Å². The number of hydrogen-bond donors (Lipinski definition) is 2. The van der Waals surface area contributed by atoms with E-state index in [2.05, 4.69) is 9.24 Å². The average Bonchev–Trinajstić information content (AvgIpc) is 2.04. The van der Waals surface area contributed by atoms with Crippen molar-refractivity contribution in [2.45, 2.75) is 6.10 Å². The van der Waals surface area contributed by atoms with Crippen molar-refractivity contribution in [2.75, 3.05) is 6.54 Å². The average molecular weight is 169 g/mol. The summed E-state index contributed by atoms with van der Waals surface area (Å²) in [5.41, 5.74) is 6.20. The van der Waals surface area contributed by atoms with Crippen molar-refractivity contribution in [1.82, 2.24) is 0 Å². The van der Waals surface area contributed by atoms with Gasteiger partial charge in [-0.25, -0.2) is 0 Å². The summed E-state index contributed by atoms with van der Waals surface area (Å²) in [6.45, 7) is 0.269. The van der Waals surface area contributed by atoms with Crippen LogP contribution >= 0.6 is 9.24 Å². The molecule has 3 N–H and O–H groups in total. The molecule has 3 heteroatoms. The van der Waals surface area contributed by atoms with Crippen LogP contribution in [0.15, 0.2) is 24.3 Å². The maximum absolute atomic E-state index is 9.37. The van der Waals surface area contributed by atoms with Crippen molar-refractivity contribution in [1.29, 1.82) is 0 Å². The van der Waals surface area contributed by atoms with Gasteiger partial charge in [-0.15, -0.1) is 9.24 Å². The molecule has 0 saturated heterocycles. The van der Waals surface area contributed by atoms with E-state index in [1.165, 1.54) is 0 Å². The summed E-state index contributed by atoms with van der Waals surface area (Å²) in [4.78, 5) is 0. The summed E-state index contributed by atoms with van der Waals surface area (Å²) >= 11 is 0. The molecule has 2 nitrogen and oxygen atoms in total. The predicted molar refractivity (Wildman–Crippen MR) is 49.8 cm³/mol. The molecule has 1 aromatic carbocycles. The molecule has 0 radical (unpaired) electrons. The summed E-state index contributed by atoms with van der Waals surface area (Å²) in [6.07, 6.45) is -0.538. The van der Waals surface area contributed by atoms with Gasteiger partial charge in [-0.1, -0.05) is 24.3 Å². The Balaban J connectivity index is 2.93. The minimum Gasteiger partial charge on any atom is -0.387 e. The molecule has 0 amide bonds. The van der Waals surface area contributed by atoms with Crippen molar-refractivity contribution in [3.05, 3.63) is 29.8 Å². The van der Waals surface area contributed by atoms with Crippen molar-refractivity contribution < 1.29 is 5.11 Å². The normalized spacial score (nSPS) is 13.0. The number of hydrogen-bond acceptors (Lipinski definition) is 2. The lowest BCUT2D eigenvalue weighted by Crippen LogP contribution is -2.16. The van der Waals surface area contributed by atoms with Gasteiger partial charge in [0.15, 0.2) is 0 Å². The lowest BCUT2D eigenvalue weighted by molar-refractivity contribution is 0.188. The van der Waals surface area contributed by atoms with Gasteiger partial charge in [0.2, 0.25) is 0 Å². The van der Waals surface area contributed by atoms with Crippen molar-refractivity contribution in [2.24, 2.45) is 5.73 Å². The van der Waals surface area contributed by atoms with Gasteiger partial charge in [0.25, 0.3) is 0 Å². The highest BCUT2D eigenvalue weighted by Crippen LogP contribution is 2.10. The minimum atomic E-state index is -0.538. The van der Waals surface area contributed by atoms with E-state index in [1.807, 2.05) is 24.3 Å². The van der Waals surface area contributed by atoms with Crippen LogP contribution in [0, 0.1) is 0 Å². The third-order valence-electron chi connectivity index (χ3n) is 1.58. The molecule has 0 saturated carbocycles. The van der Waals surface area contributed by atoms with E-state index >= 15 is 0 Å². The lowest BCUT2D eigenvalue weighted by Gasteiger charge is -2.09. The molecule has 0 aliphatic rings. The Kier molecular flexibility index (Phi) is 3.01. The third kappa shape index (κ3) is 2.00. The second kappa shape index (κ2) is 3.82. The van der Waals surface area contributed by atoms with Crippen LogP contribution < -0.4 is 11.0 Å². The summed E-state index contributed by atoms with van der Waals surface area (Å²) in [6, 6.07) is 7.62. The lowest BCUT2D eigenvalue weighted by atomic mass is 10.1. The van der Waals surface area contributed by atoms with Gasteiger partial charge in [-0.05, 0) is 10.9 Å². The van der Waals surface area contributed by atoms with Crippen LogP contribution in [0.4, 0.5) is 0 Å². The highest BCUT2D eigenvalue weighted by atomic mass is 31.0. The van der Waals surface area contributed by atoms with Crippen LogP contribution in [0.2, 0.25) is 0 Å². The molecule has 0 aromatic heterocycles. The van der Waals surface area contributed by atoms with E-state index in [1.54, 1.807) is 0 Å². The van der Waals surface area contributed by atoms with Gasteiger partial charge < -0.3 is 10.8 Å².